The van der Waals surface area contributed by atoms with Crippen molar-refractivity contribution in [3.63, 3.8) is 0 Å². The molecule has 0 bridgehead atoms. The van der Waals surface area contributed by atoms with Crippen LogP contribution in [0.3, 0.4) is 0 Å². The molecule has 226 valence electrons. The van der Waals surface area contributed by atoms with Gasteiger partial charge in [0.2, 0.25) is 11.8 Å². The highest BCUT2D eigenvalue weighted by molar-refractivity contribution is 7.71. The van der Waals surface area contributed by atoms with Crippen molar-refractivity contribution in [3.05, 3.63) is 153 Å². The van der Waals surface area contributed by atoms with Gasteiger partial charge in [-0.15, -0.1) is 0 Å². The normalized spacial score (nSPS) is 15.0. The van der Waals surface area contributed by atoms with E-state index in [1.807, 2.05) is 72.8 Å². The first-order chi connectivity index (χ1) is 22.5. The van der Waals surface area contributed by atoms with E-state index in [-0.39, 0.29) is 21.7 Å². The van der Waals surface area contributed by atoms with Crippen molar-refractivity contribution >= 4 is 24.1 Å². The third-order valence-corrected chi connectivity index (χ3v) is 8.00. The first-order valence-corrected chi connectivity index (χ1v) is 14.9. The Bertz CT molecular complexity index is 2200. The summed E-state index contributed by atoms with van der Waals surface area (Å²) >= 11 is 5.44. The van der Waals surface area contributed by atoms with E-state index < -0.39 is 17.5 Å². The Morgan fingerprint density at radius 1 is 0.848 bits per heavy atom. The van der Waals surface area contributed by atoms with E-state index in [0.717, 1.165) is 16.7 Å². The highest BCUT2D eigenvalue weighted by Gasteiger charge is 2.33. The van der Waals surface area contributed by atoms with Gasteiger partial charge in [-0.05, 0) is 65.8 Å². The summed E-state index contributed by atoms with van der Waals surface area (Å²) in [6.07, 6.45) is 2.59. The molecule has 0 spiro atoms. The molecule has 9 nitrogen and oxygen atoms in total. The molecule has 10 heteroatoms. The molecule has 0 amide bonds. The summed E-state index contributed by atoms with van der Waals surface area (Å²) in [6, 6.07) is 33.1. The Morgan fingerprint density at radius 2 is 1.52 bits per heavy atom. The third-order valence-electron chi connectivity index (χ3n) is 7.72. The monoisotopic (exact) mass is 626 g/mol. The highest BCUT2D eigenvalue weighted by Crippen LogP contribution is 2.34. The zero-order chi connectivity index (χ0) is 31.6. The van der Waals surface area contributed by atoms with Crippen molar-refractivity contribution < 1.29 is 19.4 Å². The zero-order valence-corrected chi connectivity index (χ0v) is 25.0. The third kappa shape index (κ3) is 5.53. The van der Waals surface area contributed by atoms with Gasteiger partial charge in [-0.2, -0.15) is 5.10 Å². The standard InChI is InChI=1S/C36H26N4O5S/c41-32-27-14-8-7-11-23(27)19-31(45-34-30(21-37-39-34)22-9-3-1-4-10-22)28(32)20-29-33(42)38-36(46)40(35(29)43)24-15-17-26(18-16-24)44-25-12-5-2-6-13-25/h1-18,20-21,31,43H,19H2,(H,37,39)(H,38,42,46). The molecule has 6 aromatic rings. The number of rotatable bonds is 7. The smallest absolute Gasteiger partial charge is 0.262 e. The molecule has 1 aliphatic carbocycles. The van der Waals surface area contributed by atoms with Crippen molar-refractivity contribution in [2.45, 2.75) is 12.5 Å². The lowest BCUT2D eigenvalue weighted by molar-refractivity contribution is 0.0983. The summed E-state index contributed by atoms with van der Waals surface area (Å²) in [4.78, 5) is 29.8. The van der Waals surface area contributed by atoms with Gasteiger partial charge in [0.25, 0.3) is 5.56 Å². The maximum absolute atomic E-state index is 13.9. The summed E-state index contributed by atoms with van der Waals surface area (Å²) in [5.41, 5.74) is 2.81. The minimum Gasteiger partial charge on any atom is -0.494 e. The number of aromatic hydroxyl groups is 1. The van der Waals surface area contributed by atoms with Gasteiger partial charge in [0, 0.05) is 17.6 Å². The second-order valence-electron chi connectivity index (χ2n) is 10.6. The predicted molar refractivity (Wildman–Crippen MR) is 176 cm³/mol. The second kappa shape index (κ2) is 12.2. The average Bonchev–Trinajstić information content (AvgIpc) is 3.54. The Morgan fingerprint density at radius 3 is 2.28 bits per heavy atom. The van der Waals surface area contributed by atoms with E-state index in [1.165, 1.54) is 10.6 Å². The number of nitrogens with zero attached hydrogens (tertiary/aromatic N) is 2. The van der Waals surface area contributed by atoms with Crippen LogP contribution >= 0.6 is 12.2 Å². The molecular weight excluding hydrogens is 600 g/mol. The predicted octanol–water partition coefficient (Wildman–Crippen LogP) is 7.05. The van der Waals surface area contributed by atoms with Gasteiger partial charge in [0.15, 0.2) is 10.6 Å². The SMILES string of the molecule is O=C1C(=Cc2c(O)n(-c3ccc(Oc4ccccc4)cc3)c(=S)[nH]c2=O)C(Oc2[nH]ncc2-c2ccccc2)Cc2ccccc21. The number of ketones is 1. The number of carbonyl (C=O) groups is 1. The summed E-state index contributed by atoms with van der Waals surface area (Å²) in [7, 11) is 0. The van der Waals surface area contributed by atoms with Crippen LogP contribution in [-0.2, 0) is 6.42 Å². The summed E-state index contributed by atoms with van der Waals surface area (Å²) in [6.45, 7) is 0. The van der Waals surface area contributed by atoms with Crippen LogP contribution in [0, 0.1) is 4.77 Å². The topological polar surface area (TPSA) is 122 Å². The quantitative estimate of drug-likeness (QED) is 0.128. The summed E-state index contributed by atoms with van der Waals surface area (Å²) in [5.74, 6) is 0.890. The Balaban J connectivity index is 1.29. The van der Waals surface area contributed by atoms with Crippen LogP contribution in [0.5, 0.6) is 23.3 Å². The molecule has 3 N–H and O–H groups in total. The lowest BCUT2D eigenvalue weighted by Gasteiger charge is -2.27. The van der Waals surface area contributed by atoms with E-state index in [4.69, 9.17) is 21.7 Å². The fourth-order valence-electron chi connectivity index (χ4n) is 5.48. The number of nitrogens with one attached hydrogen (secondary N) is 2. The van der Waals surface area contributed by atoms with E-state index >= 15 is 0 Å². The van der Waals surface area contributed by atoms with Crippen LogP contribution in [0.4, 0.5) is 0 Å². The zero-order valence-electron chi connectivity index (χ0n) is 24.2. The first-order valence-electron chi connectivity index (χ1n) is 14.5. The van der Waals surface area contributed by atoms with Gasteiger partial charge in [-0.1, -0.05) is 72.8 Å². The average molecular weight is 627 g/mol. The van der Waals surface area contributed by atoms with E-state index in [1.54, 1.807) is 42.6 Å². The number of carbonyl (C=O) groups excluding carboxylic acids is 1. The minimum atomic E-state index is -0.796. The molecule has 0 radical (unpaired) electrons. The molecule has 0 fully saturated rings. The van der Waals surface area contributed by atoms with Crippen molar-refractivity contribution in [2.24, 2.45) is 0 Å². The number of fused-ring (bicyclic) bond motifs is 1. The molecule has 1 aliphatic rings. The van der Waals surface area contributed by atoms with Gasteiger partial charge in [0.1, 0.15) is 23.2 Å². The molecule has 2 heterocycles. The fraction of sp³-hybridized carbons (Fsp3) is 0.0556. The van der Waals surface area contributed by atoms with Crippen molar-refractivity contribution in [3.8, 4) is 40.1 Å². The maximum Gasteiger partial charge on any atom is 0.262 e. The molecule has 2 aromatic heterocycles. The number of hydrogen-bond donors (Lipinski definition) is 3. The van der Waals surface area contributed by atoms with Crippen LogP contribution in [0.1, 0.15) is 21.5 Å². The van der Waals surface area contributed by atoms with Gasteiger partial charge in [-0.3, -0.25) is 19.1 Å². The number of aromatic nitrogens is 4. The molecular formula is C36H26N4O5S. The Labute approximate surface area is 268 Å². The van der Waals surface area contributed by atoms with Crippen LogP contribution in [0.15, 0.2) is 126 Å². The largest absolute Gasteiger partial charge is 0.494 e. The Hall–Kier alpha value is -6.00. The van der Waals surface area contributed by atoms with Crippen molar-refractivity contribution in [1.29, 1.82) is 0 Å². The Kier molecular flexibility index (Phi) is 7.61. The molecule has 0 saturated heterocycles. The van der Waals surface area contributed by atoms with Gasteiger partial charge >= 0.3 is 0 Å². The fourth-order valence-corrected chi connectivity index (χ4v) is 5.76. The first kappa shape index (κ1) is 28.8. The molecule has 1 unspecified atom stereocenters. The van der Waals surface area contributed by atoms with E-state index in [2.05, 4.69) is 15.2 Å². The van der Waals surface area contributed by atoms with Crippen LogP contribution in [-0.4, -0.2) is 36.7 Å². The summed E-state index contributed by atoms with van der Waals surface area (Å²) < 4.78 is 13.6. The summed E-state index contributed by atoms with van der Waals surface area (Å²) in [5, 5.41) is 18.6. The highest BCUT2D eigenvalue weighted by atomic mass is 32.1. The minimum absolute atomic E-state index is 0.0144. The number of ether oxygens (including phenoxy) is 2. The second-order valence-corrected chi connectivity index (χ2v) is 11.0. The van der Waals surface area contributed by atoms with Crippen LogP contribution < -0.4 is 15.0 Å². The molecule has 7 rings (SSSR count). The molecule has 0 aliphatic heterocycles. The lowest BCUT2D eigenvalue weighted by atomic mass is 9.84. The van der Waals surface area contributed by atoms with E-state index in [0.29, 0.717) is 35.1 Å². The maximum atomic E-state index is 13.9. The number of aromatic amines is 2. The molecule has 4 aromatic carbocycles. The van der Waals surface area contributed by atoms with Crippen molar-refractivity contribution in [1.82, 2.24) is 19.7 Å². The number of H-pyrrole nitrogens is 2. The molecule has 1 atom stereocenters. The molecule has 46 heavy (non-hydrogen) atoms. The molecule has 0 saturated carbocycles. The number of benzene rings is 4. The number of para-hydroxylation sites is 1. The van der Waals surface area contributed by atoms with E-state index in [9.17, 15) is 14.7 Å². The number of Topliss-reactive ketones (excluding diaryl/α,β-unsaturated/α-hetero) is 1. The van der Waals surface area contributed by atoms with Crippen LogP contribution in [0.25, 0.3) is 22.9 Å². The lowest BCUT2D eigenvalue weighted by Crippen LogP contribution is -2.33. The van der Waals surface area contributed by atoms with Crippen LogP contribution in [0.2, 0.25) is 0 Å². The van der Waals surface area contributed by atoms with Gasteiger partial charge in [-0.25, -0.2) is 5.10 Å². The van der Waals surface area contributed by atoms with Crippen molar-refractivity contribution in [2.75, 3.05) is 0 Å². The van der Waals surface area contributed by atoms with Gasteiger partial charge in [0.05, 0.1) is 17.4 Å². The van der Waals surface area contributed by atoms with Gasteiger partial charge < -0.3 is 14.6 Å². The number of hydrogen-bond acceptors (Lipinski definition) is 7.